The highest BCUT2D eigenvalue weighted by molar-refractivity contribution is 5.94. The van der Waals surface area contributed by atoms with Crippen molar-refractivity contribution in [1.29, 1.82) is 5.26 Å². The summed E-state index contributed by atoms with van der Waals surface area (Å²) >= 11 is 0. The molecule has 0 aliphatic rings. The Balaban J connectivity index is 2.83. The first kappa shape index (κ1) is 14.7. The molecule has 0 aliphatic heterocycles. The Hall–Kier alpha value is -2.35. The minimum Gasteiger partial charge on any atom is -0.481 e. The van der Waals surface area contributed by atoms with E-state index in [-0.39, 0.29) is 12.5 Å². The molecule has 0 saturated heterocycles. The number of benzene rings is 1. The fourth-order valence-electron chi connectivity index (χ4n) is 1.63. The number of rotatable bonds is 5. The van der Waals surface area contributed by atoms with Gasteiger partial charge in [0.1, 0.15) is 0 Å². The minimum absolute atomic E-state index is 0.171. The third kappa shape index (κ3) is 3.81. The first-order chi connectivity index (χ1) is 8.99. The molecule has 1 N–H and O–H groups in total. The van der Waals surface area contributed by atoms with Crippen LogP contribution in [0.3, 0.4) is 0 Å². The molecule has 0 fully saturated rings. The highest BCUT2D eigenvalue weighted by Gasteiger charge is 2.20. The van der Waals surface area contributed by atoms with Gasteiger partial charge in [-0.3, -0.25) is 9.59 Å². The predicted molar refractivity (Wildman–Crippen MR) is 69.5 cm³/mol. The van der Waals surface area contributed by atoms with Gasteiger partial charge in [0, 0.05) is 18.7 Å². The Labute approximate surface area is 112 Å². The van der Waals surface area contributed by atoms with Gasteiger partial charge in [-0.05, 0) is 31.2 Å². The number of hydrogen-bond acceptors (Lipinski definition) is 3. The van der Waals surface area contributed by atoms with Gasteiger partial charge in [-0.1, -0.05) is 6.92 Å². The van der Waals surface area contributed by atoms with E-state index in [0.717, 1.165) is 0 Å². The Bertz CT molecular complexity index is 502. The number of carbonyl (C=O) groups excluding carboxylic acids is 1. The van der Waals surface area contributed by atoms with Crippen LogP contribution in [0.1, 0.15) is 29.8 Å². The molecule has 0 heterocycles. The SMILES string of the molecule is CCN(CC(C)C(=O)O)C(=O)c1ccc(C#N)cc1. The van der Waals surface area contributed by atoms with Crippen molar-refractivity contribution < 1.29 is 14.7 Å². The molecule has 100 valence electrons. The van der Waals surface area contributed by atoms with Crippen LogP contribution in [-0.2, 0) is 4.79 Å². The number of hydrogen-bond donors (Lipinski definition) is 1. The molecule has 0 radical (unpaired) electrons. The molecule has 0 bridgehead atoms. The van der Waals surface area contributed by atoms with Crippen molar-refractivity contribution in [2.45, 2.75) is 13.8 Å². The van der Waals surface area contributed by atoms with Crippen molar-refractivity contribution in [2.24, 2.45) is 5.92 Å². The van der Waals surface area contributed by atoms with Crippen molar-refractivity contribution in [3.05, 3.63) is 35.4 Å². The molecule has 1 amide bonds. The molecule has 5 heteroatoms. The molecule has 1 unspecified atom stereocenters. The summed E-state index contributed by atoms with van der Waals surface area (Å²) in [5.41, 5.74) is 0.942. The number of aliphatic carboxylic acids is 1. The molecule has 1 aromatic carbocycles. The summed E-state index contributed by atoms with van der Waals surface area (Å²) in [6.07, 6.45) is 0. The van der Waals surface area contributed by atoms with E-state index in [9.17, 15) is 9.59 Å². The van der Waals surface area contributed by atoms with Crippen molar-refractivity contribution in [3.63, 3.8) is 0 Å². The molecule has 0 aliphatic carbocycles. The van der Waals surface area contributed by atoms with Crippen LogP contribution in [0.5, 0.6) is 0 Å². The first-order valence-corrected chi connectivity index (χ1v) is 6.01. The third-order valence-corrected chi connectivity index (χ3v) is 2.85. The minimum atomic E-state index is -0.925. The monoisotopic (exact) mass is 260 g/mol. The number of nitriles is 1. The van der Waals surface area contributed by atoms with E-state index in [0.29, 0.717) is 17.7 Å². The van der Waals surface area contributed by atoms with Crippen LogP contribution in [-0.4, -0.2) is 35.0 Å². The number of carbonyl (C=O) groups is 2. The second-order valence-electron chi connectivity index (χ2n) is 4.27. The van der Waals surface area contributed by atoms with Crippen LogP contribution in [0.2, 0.25) is 0 Å². The number of amides is 1. The van der Waals surface area contributed by atoms with Gasteiger partial charge in [0.2, 0.25) is 0 Å². The highest BCUT2D eigenvalue weighted by Crippen LogP contribution is 2.09. The molecule has 5 nitrogen and oxygen atoms in total. The molecule has 0 saturated carbocycles. The van der Waals surface area contributed by atoms with Gasteiger partial charge < -0.3 is 10.0 Å². The molecule has 1 aromatic rings. The van der Waals surface area contributed by atoms with Gasteiger partial charge in [-0.25, -0.2) is 0 Å². The van der Waals surface area contributed by atoms with Gasteiger partial charge in [-0.15, -0.1) is 0 Å². The maximum absolute atomic E-state index is 12.2. The molecule has 0 aromatic heterocycles. The summed E-state index contributed by atoms with van der Waals surface area (Å²) in [4.78, 5) is 24.5. The van der Waals surface area contributed by atoms with Crippen LogP contribution < -0.4 is 0 Å². The van der Waals surface area contributed by atoms with Gasteiger partial charge in [0.15, 0.2) is 0 Å². The fraction of sp³-hybridized carbons (Fsp3) is 0.357. The molecular formula is C14H16N2O3. The molecule has 0 spiro atoms. The Morgan fingerprint density at radius 3 is 2.37 bits per heavy atom. The molecule has 1 atom stereocenters. The second kappa shape index (κ2) is 6.55. The van der Waals surface area contributed by atoms with Crippen LogP contribution in [0.4, 0.5) is 0 Å². The maximum atomic E-state index is 12.2. The molecular weight excluding hydrogens is 244 g/mol. The lowest BCUT2D eigenvalue weighted by atomic mass is 10.1. The van der Waals surface area contributed by atoms with Crippen LogP contribution >= 0.6 is 0 Å². The highest BCUT2D eigenvalue weighted by atomic mass is 16.4. The van der Waals surface area contributed by atoms with Crippen LogP contribution in [0.15, 0.2) is 24.3 Å². The maximum Gasteiger partial charge on any atom is 0.308 e. The summed E-state index contributed by atoms with van der Waals surface area (Å²) in [6.45, 7) is 3.98. The van der Waals surface area contributed by atoms with E-state index in [1.807, 2.05) is 6.07 Å². The van der Waals surface area contributed by atoms with Gasteiger partial charge >= 0.3 is 5.97 Å². The van der Waals surface area contributed by atoms with Crippen molar-refractivity contribution >= 4 is 11.9 Å². The quantitative estimate of drug-likeness (QED) is 0.874. The molecule has 19 heavy (non-hydrogen) atoms. The topological polar surface area (TPSA) is 81.4 Å². The largest absolute Gasteiger partial charge is 0.481 e. The van der Waals surface area contributed by atoms with Crippen molar-refractivity contribution in [1.82, 2.24) is 4.90 Å². The summed E-state index contributed by atoms with van der Waals surface area (Å²) < 4.78 is 0. The van der Waals surface area contributed by atoms with E-state index in [4.69, 9.17) is 10.4 Å². The van der Waals surface area contributed by atoms with Crippen molar-refractivity contribution in [3.8, 4) is 6.07 Å². The zero-order valence-electron chi connectivity index (χ0n) is 11.0. The standard InChI is InChI=1S/C14H16N2O3/c1-3-16(9-10(2)14(18)19)13(17)12-6-4-11(8-15)5-7-12/h4-7,10H,3,9H2,1-2H3,(H,18,19). The normalized spacial score (nSPS) is 11.4. The van der Waals surface area contributed by atoms with Crippen LogP contribution in [0, 0.1) is 17.2 Å². The van der Waals surface area contributed by atoms with Crippen LogP contribution in [0.25, 0.3) is 0 Å². The van der Waals surface area contributed by atoms with E-state index >= 15 is 0 Å². The van der Waals surface area contributed by atoms with E-state index in [1.165, 1.54) is 4.90 Å². The number of nitrogens with zero attached hydrogens (tertiary/aromatic N) is 2. The van der Waals surface area contributed by atoms with E-state index in [1.54, 1.807) is 38.1 Å². The summed E-state index contributed by atoms with van der Waals surface area (Å²) in [6, 6.07) is 8.28. The smallest absolute Gasteiger partial charge is 0.308 e. The lowest BCUT2D eigenvalue weighted by Gasteiger charge is -2.23. The summed E-state index contributed by atoms with van der Waals surface area (Å²) in [5.74, 6) is -1.76. The average Bonchev–Trinajstić information content (AvgIpc) is 2.43. The summed E-state index contributed by atoms with van der Waals surface area (Å²) in [5, 5.41) is 17.6. The zero-order chi connectivity index (χ0) is 14.4. The summed E-state index contributed by atoms with van der Waals surface area (Å²) in [7, 11) is 0. The predicted octanol–water partition coefficient (Wildman–Crippen LogP) is 1.74. The average molecular weight is 260 g/mol. The van der Waals surface area contributed by atoms with Crippen molar-refractivity contribution in [2.75, 3.05) is 13.1 Å². The fourth-order valence-corrected chi connectivity index (χ4v) is 1.63. The Morgan fingerprint density at radius 1 is 1.37 bits per heavy atom. The Morgan fingerprint density at radius 2 is 1.95 bits per heavy atom. The lowest BCUT2D eigenvalue weighted by Crippen LogP contribution is -2.36. The third-order valence-electron chi connectivity index (χ3n) is 2.85. The van der Waals surface area contributed by atoms with Gasteiger partial charge in [-0.2, -0.15) is 5.26 Å². The lowest BCUT2D eigenvalue weighted by molar-refractivity contribution is -0.141. The van der Waals surface area contributed by atoms with Gasteiger partial charge in [0.05, 0.1) is 17.6 Å². The molecule has 1 rings (SSSR count). The number of carboxylic acids is 1. The zero-order valence-corrected chi connectivity index (χ0v) is 11.0. The van der Waals surface area contributed by atoms with Gasteiger partial charge in [0.25, 0.3) is 5.91 Å². The second-order valence-corrected chi connectivity index (χ2v) is 4.27. The Kier molecular flexibility index (Phi) is 5.07. The van der Waals surface area contributed by atoms with E-state index < -0.39 is 11.9 Å². The number of carboxylic acid groups (broad SMARTS) is 1. The first-order valence-electron chi connectivity index (χ1n) is 6.01. The van der Waals surface area contributed by atoms with E-state index in [2.05, 4.69) is 0 Å².